The van der Waals surface area contributed by atoms with Crippen LogP contribution in [0.1, 0.15) is 39.5 Å². The maximum absolute atomic E-state index is 5.83. The first kappa shape index (κ1) is 16.6. The molecule has 0 spiro atoms. The lowest BCUT2D eigenvalue weighted by Gasteiger charge is -2.34. The van der Waals surface area contributed by atoms with Crippen molar-refractivity contribution < 1.29 is 8.85 Å². The predicted octanol–water partition coefficient (Wildman–Crippen LogP) is 2.43. The van der Waals surface area contributed by atoms with Gasteiger partial charge in [-0.1, -0.05) is 39.8 Å². The van der Waals surface area contributed by atoms with E-state index < -0.39 is 19.5 Å². The molecule has 0 aromatic rings. The van der Waals surface area contributed by atoms with E-state index in [2.05, 4.69) is 26.9 Å². The van der Waals surface area contributed by atoms with Crippen LogP contribution in [0.2, 0.25) is 13.1 Å². The number of hydrogen-bond donors (Lipinski definition) is 0. The Balaban J connectivity index is 4.01. The van der Waals surface area contributed by atoms with E-state index in [0.29, 0.717) is 0 Å². The van der Waals surface area contributed by atoms with Crippen molar-refractivity contribution in [1.82, 2.24) is 0 Å². The maximum Gasteiger partial charge on any atom is 0.161 e. The highest BCUT2D eigenvalue weighted by atomic mass is 35.5. The minimum atomic E-state index is -0.390. The number of unbranched alkanes of at least 4 members (excludes halogenated alkanes) is 2. The molecule has 5 heteroatoms. The molecule has 0 heterocycles. The van der Waals surface area contributed by atoms with Gasteiger partial charge in [-0.2, -0.15) is 0 Å². The molecule has 0 fully saturated rings. The van der Waals surface area contributed by atoms with Crippen molar-refractivity contribution >= 4 is 31.1 Å². The van der Waals surface area contributed by atoms with Gasteiger partial charge in [0.05, 0.1) is 0 Å². The Kier molecular flexibility index (Phi) is 10.0. The zero-order chi connectivity index (χ0) is 12.4. The van der Waals surface area contributed by atoms with Crippen LogP contribution in [0.3, 0.4) is 0 Å². The topological polar surface area (TPSA) is 18.5 Å². The SMILES string of the molecule is C[SiH2]OC(O[SiH2]C)C(C)(C)CCCCCCl. The molecule has 0 aliphatic heterocycles. The van der Waals surface area contributed by atoms with Gasteiger partial charge in [-0.05, 0) is 12.8 Å². The van der Waals surface area contributed by atoms with E-state index in [9.17, 15) is 0 Å². The standard InChI is InChI=1S/C11H27ClO2Si2/c1-11(2,8-6-5-7-9-12)10(13-15-3)14-16-4/h10H,5-9,15-16H2,1-4H3. The van der Waals surface area contributed by atoms with Crippen LogP contribution in [0.15, 0.2) is 0 Å². The summed E-state index contributed by atoms with van der Waals surface area (Å²) in [5, 5.41) is 0. The Morgan fingerprint density at radius 3 is 2.06 bits per heavy atom. The summed E-state index contributed by atoms with van der Waals surface area (Å²) in [6, 6.07) is 0. The van der Waals surface area contributed by atoms with Crippen LogP contribution in [-0.4, -0.2) is 31.7 Å². The van der Waals surface area contributed by atoms with E-state index in [1.807, 2.05) is 0 Å². The fourth-order valence-electron chi connectivity index (χ4n) is 1.77. The van der Waals surface area contributed by atoms with Crippen molar-refractivity contribution in [1.29, 1.82) is 0 Å². The second-order valence-corrected chi connectivity index (χ2v) is 6.93. The van der Waals surface area contributed by atoms with Crippen molar-refractivity contribution in [3.05, 3.63) is 0 Å². The molecular formula is C11H27ClO2Si2. The molecule has 0 aromatic heterocycles. The second-order valence-electron chi connectivity index (χ2n) is 4.73. The van der Waals surface area contributed by atoms with E-state index in [0.717, 1.165) is 18.7 Å². The largest absolute Gasteiger partial charge is 0.400 e. The summed E-state index contributed by atoms with van der Waals surface area (Å²) >= 11 is 5.68. The van der Waals surface area contributed by atoms with Crippen LogP contribution in [0, 0.1) is 5.41 Å². The van der Waals surface area contributed by atoms with Crippen LogP contribution < -0.4 is 0 Å². The van der Waals surface area contributed by atoms with Gasteiger partial charge in [0.1, 0.15) is 6.29 Å². The molecule has 0 bridgehead atoms. The Bertz CT molecular complexity index is 162. The van der Waals surface area contributed by atoms with E-state index in [1.165, 1.54) is 12.8 Å². The highest BCUT2D eigenvalue weighted by molar-refractivity contribution is 6.26. The van der Waals surface area contributed by atoms with Gasteiger partial charge in [0.15, 0.2) is 19.5 Å². The van der Waals surface area contributed by atoms with Crippen LogP contribution in [0.4, 0.5) is 0 Å². The smallest absolute Gasteiger partial charge is 0.161 e. The molecule has 0 saturated carbocycles. The molecule has 0 amide bonds. The first-order valence-electron chi connectivity index (χ1n) is 6.37. The van der Waals surface area contributed by atoms with Crippen molar-refractivity contribution in [2.45, 2.75) is 58.9 Å². The molecule has 0 aromatic carbocycles. The molecule has 0 aliphatic rings. The summed E-state index contributed by atoms with van der Waals surface area (Å²) in [6.45, 7) is 8.84. The predicted molar refractivity (Wildman–Crippen MR) is 77.7 cm³/mol. The molecule has 0 aliphatic carbocycles. The van der Waals surface area contributed by atoms with Gasteiger partial charge >= 0.3 is 0 Å². The Morgan fingerprint density at radius 2 is 1.62 bits per heavy atom. The first-order chi connectivity index (χ1) is 7.58. The second kappa shape index (κ2) is 9.65. The highest BCUT2D eigenvalue weighted by Crippen LogP contribution is 2.30. The van der Waals surface area contributed by atoms with Crippen LogP contribution in [0.25, 0.3) is 0 Å². The Morgan fingerprint density at radius 1 is 1.06 bits per heavy atom. The third-order valence-corrected chi connectivity index (χ3v) is 4.27. The zero-order valence-corrected chi connectivity index (χ0v) is 14.8. The van der Waals surface area contributed by atoms with Crippen LogP contribution in [-0.2, 0) is 8.85 Å². The third kappa shape index (κ3) is 7.06. The van der Waals surface area contributed by atoms with E-state index in [4.69, 9.17) is 20.5 Å². The minimum absolute atomic E-state index is 0.0387. The Labute approximate surface area is 110 Å². The summed E-state index contributed by atoms with van der Waals surface area (Å²) in [5.74, 6) is 0.778. The van der Waals surface area contributed by atoms with Crippen molar-refractivity contribution in [2.75, 3.05) is 5.88 Å². The summed E-state index contributed by atoms with van der Waals surface area (Å²) < 4.78 is 11.7. The van der Waals surface area contributed by atoms with Crippen molar-refractivity contribution in [3.8, 4) is 0 Å². The molecule has 0 saturated heterocycles. The van der Waals surface area contributed by atoms with Crippen LogP contribution in [0.5, 0.6) is 0 Å². The Hall–Kier alpha value is 0.644. The molecule has 0 atom stereocenters. The average molecular weight is 283 g/mol. The number of halogens is 1. The monoisotopic (exact) mass is 282 g/mol. The number of hydrogen-bond acceptors (Lipinski definition) is 2. The quantitative estimate of drug-likeness (QED) is 0.265. The fraction of sp³-hybridized carbons (Fsp3) is 1.00. The average Bonchev–Trinajstić information content (AvgIpc) is 2.24. The summed E-state index contributed by atoms with van der Waals surface area (Å²) in [4.78, 5) is 0. The number of alkyl halides is 1. The van der Waals surface area contributed by atoms with Gasteiger partial charge < -0.3 is 8.85 Å². The van der Waals surface area contributed by atoms with Gasteiger partial charge in [0.25, 0.3) is 0 Å². The highest BCUT2D eigenvalue weighted by Gasteiger charge is 2.29. The van der Waals surface area contributed by atoms with E-state index in [1.54, 1.807) is 0 Å². The lowest BCUT2D eigenvalue weighted by molar-refractivity contribution is -0.0827. The molecule has 0 N–H and O–H groups in total. The van der Waals surface area contributed by atoms with Crippen molar-refractivity contribution in [2.24, 2.45) is 5.41 Å². The molecular weight excluding hydrogens is 256 g/mol. The van der Waals surface area contributed by atoms with Gasteiger partial charge in [-0.25, -0.2) is 0 Å². The number of rotatable bonds is 10. The van der Waals surface area contributed by atoms with Gasteiger partial charge in [0.2, 0.25) is 0 Å². The third-order valence-electron chi connectivity index (χ3n) is 2.73. The van der Waals surface area contributed by atoms with E-state index >= 15 is 0 Å². The lowest BCUT2D eigenvalue weighted by atomic mass is 9.86. The minimum Gasteiger partial charge on any atom is -0.400 e. The fourth-order valence-corrected chi connectivity index (χ4v) is 3.85. The van der Waals surface area contributed by atoms with Gasteiger partial charge in [-0.15, -0.1) is 11.6 Å². The lowest BCUT2D eigenvalue weighted by Crippen LogP contribution is -2.36. The van der Waals surface area contributed by atoms with E-state index in [-0.39, 0.29) is 11.7 Å². The maximum atomic E-state index is 5.83. The molecule has 0 unspecified atom stereocenters. The molecule has 98 valence electrons. The van der Waals surface area contributed by atoms with Crippen LogP contribution >= 0.6 is 11.6 Å². The van der Waals surface area contributed by atoms with Crippen molar-refractivity contribution in [3.63, 3.8) is 0 Å². The summed E-state index contributed by atoms with van der Waals surface area (Å²) in [5.41, 5.74) is 0.151. The summed E-state index contributed by atoms with van der Waals surface area (Å²) in [6.07, 6.45) is 4.76. The molecule has 0 radical (unpaired) electrons. The summed E-state index contributed by atoms with van der Waals surface area (Å²) in [7, 11) is -0.781. The molecule has 2 nitrogen and oxygen atoms in total. The molecule has 0 rings (SSSR count). The first-order valence-corrected chi connectivity index (χ1v) is 10.9. The zero-order valence-electron chi connectivity index (χ0n) is 11.2. The normalized spacial score (nSPS) is 15.6. The molecule has 16 heavy (non-hydrogen) atoms. The van der Waals surface area contributed by atoms with Gasteiger partial charge in [0, 0.05) is 11.3 Å². The van der Waals surface area contributed by atoms with Gasteiger partial charge in [-0.3, -0.25) is 0 Å².